The lowest BCUT2D eigenvalue weighted by Crippen LogP contribution is -2.46. The zero-order chi connectivity index (χ0) is 18.2. The van der Waals surface area contributed by atoms with Crippen molar-refractivity contribution in [2.24, 2.45) is 0 Å². The summed E-state index contributed by atoms with van der Waals surface area (Å²) in [5.41, 5.74) is -0.623. The number of anilines is 1. The molecule has 0 aliphatic carbocycles. The predicted molar refractivity (Wildman–Crippen MR) is 97.6 cm³/mol. The fourth-order valence-corrected chi connectivity index (χ4v) is 2.65. The molecule has 1 unspecified atom stereocenters. The van der Waals surface area contributed by atoms with Crippen LogP contribution in [-0.2, 0) is 9.53 Å². The number of nitrogens with one attached hydrogen (secondary N) is 3. The van der Waals surface area contributed by atoms with Crippen molar-refractivity contribution in [3.63, 3.8) is 0 Å². The van der Waals surface area contributed by atoms with Crippen molar-refractivity contribution < 1.29 is 14.3 Å². The number of rotatable bonds is 8. The molecule has 0 aliphatic rings. The second kappa shape index (κ2) is 9.77. The molecule has 136 valence electrons. The highest BCUT2D eigenvalue weighted by molar-refractivity contribution is 7.99. The number of carbonyl (C=O) groups is 2. The fraction of sp³-hybridized carbons (Fsp3) is 0.714. The van der Waals surface area contributed by atoms with Gasteiger partial charge in [-0.15, -0.1) is 5.10 Å². The minimum absolute atomic E-state index is 0.260. The minimum Gasteiger partial charge on any atom is -0.444 e. The molecule has 1 heterocycles. The summed E-state index contributed by atoms with van der Waals surface area (Å²) in [6, 6.07) is -0.709. The van der Waals surface area contributed by atoms with Gasteiger partial charge in [0.15, 0.2) is 0 Å². The van der Waals surface area contributed by atoms with Gasteiger partial charge < -0.3 is 10.1 Å². The maximum atomic E-state index is 12.4. The molecule has 1 aromatic heterocycles. The molecule has 0 fully saturated rings. The number of hydrogen-bond acceptors (Lipinski definition) is 7. The van der Waals surface area contributed by atoms with Crippen LogP contribution in [0.4, 0.5) is 10.7 Å². The van der Waals surface area contributed by atoms with Crippen LogP contribution in [0.25, 0.3) is 0 Å². The zero-order valence-electron chi connectivity index (χ0n) is 14.6. The van der Waals surface area contributed by atoms with E-state index < -0.39 is 17.7 Å². The Balaban J connectivity index is 2.67. The van der Waals surface area contributed by atoms with Gasteiger partial charge in [-0.1, -0.05) is 18.7 Å². The summed E-state index contributed by atoms with van der Waals surface area (Å²) in [5, 5.41) is 12.5. The Hall–Kier alpha value is -1.42. The number of nitrogens with zero attached hydrogens (tertiary/aromatic N) is 2. The number of amides is 2. The highest BCUT2D eigenvalue weighted by Gasteiger charge is 2.24. The Bertz CT molecular complexity index is 545. The lowest BCUT2D eigenvalue weighted by molar-refractivity contribution is -0.118. The van der Waals surface area contributed by atoms with E-state index in [4.69, 9.17) is 4.74 Å². The van der Waals surface area contributed by atoms with Gasteiger partial charge >= 0.3 is 6.09 Å². The molecule has 1 atom stereocenters. The van der Waals surface area contributed by atoms with Crippen molar-refractivity contribution in [2.75, 3.05) is 23.1 Å². The Morgan fingerprint density at radius 2 is 2.08 bits per heavy atom. The number of ether oxygens (including phenoxy) is 1. The lowest BCUT2D eigenvalue weighted by Gasteiger charge is -2.23. The van der Waals surface area contributed by atoms with E-state index in [1.807, 2.05) is 13.2 Å². The van der Waals surface area contributed by atoms with E-state index in [0.717, 1.165) is 11.5 Å². The molecule has 0 bridgehead atoms. The van der Waals surface area contributed by atoms with Crippen LogP contribution in [0.2, 0.25) is 0 Å². The van der Waals surface area contributed by atoms with Gasteiger partial charge in [-0.25, -0.2) is 9.89 Å². The van der Waals surface area contributed by atoms with Crippen molar-refractivity contribution in [1.29, 1.82) is 0 Å². The van der Waals surface area contributed by atoms with Crippen molar-refractivity contribution in [3.05, 3.63) is 0 Å². The van der Waals surface area contributed by atoms with Gasteiger partial charge in [0.2, 0.25) is 17.0 Å². The molecule has 0 aliphatic heterocycles. The molecular formula is C14H25N5O3S2. The molecular weight excluding hydrogens is 350 g/mol. The summed E-state index contributed by atoms with van der Waals surface area (Å²) < 4.78 is 5.21. The third-order valence-electron chi connectivity index (χ3n) is 2.60. The maximum absolute atomic E-state index is 12.4. The minimum atomic E-state index is -0.709. The molecule has 3 N–H and O–H groups in total. The number of thioether (sulfide) groups is 2. The smallest absolute Gasteiger partial charge is 0.408 e. The van der Waals surface area contributed by atoms with Crippen LogP contribution in [0.3, 0.4) is 0 Å². The highest BCUT2D eigenvalue weighted by Crippen LogP contribution is 2.13. The Kier molecular flexibility index (Phi) is 8.40. The topological polar surface area (TPSA) is 109 Å². The van der Waals surface area contributed by atoms with Crippen molar-refractivity contribution in [3.8, 4) is 0 Å². The van der Waals surface area contributed by atoms with Gasteiger partial charge in [-0.05, 0) is 45.0 Å². The first-order chi connectivity index (χ1) is 11.2. The van der Waals surface area contributed by atoms with E-state index in [2.05, 4.69) is 25.8 Å². The summed E-state index contributed by atoms with van der Waals surface area (Å²) in [6.45, 7) is 7.30. The van der Waals surface area contributed by atoms with Crippen LogP contribution in [-0.4, -0.2) is 56.6 Å². The summed E-state index contributed by atoms with van der Waals surface area (Å²) >= 11 is 3.06. The van der Waals surface area contributed by atoms with Gasteiger partial charge in [0, 0.05) is 0 Å². The van der Waals surface area contributed by atoms with Crippen LogP contribution in [0.1, 0.15) is 34.1 Å². The Morgan fingerprint density at radius 3 is 2.67 bits per heavy atom. The molecule has 10 heteroatoms. The first-order valence-electron chi connectivity index (χ1n) is 7.59. The van der Waals surface area contributed by atoms with Crippen LogP contribution in [0.5, 0.6) is 0 Å². The normalized spacial score (nSPS) is 12.5. The van der Waals surface area contributed by atoms with Gasteiger partial charge in [-0.2, -0.15) is 16.7 Å². The first-order valence-corrected chi connectivity index (χ1v) is 9.97. The number of H-pyrrole nitrogens is 1. The van der Waals surface area contributed by atoms with Crippen LogP contribution >= 0.6 is 23.5 Å². The molecule has 0 spiro atoms. The molecule has 0 saturated heterocycles. The Labute approximate surface area is 150 Å². The number of aromatic amines is 1. The summed E-state index contributed by atoms with van der Waals surface area (Å²) in [5.74, 6) is 1.46. The monoisotopic (exact) mass is 375 g/mol. The largest absolute Gasteiger partial charge is 0.444 e. The van der Waals surface area contributed by atoms with Crippen molar-refractivity contribution in [2.45, 2.75) is 50.9 Å². The maximum Gasteiger partial charge on any atom is 0.408 e. The van der Waals surface area contributed by atoms with Gasteiger partial charge in [0.05, 0.1) is 0 Å². The van der Waals surface area contributed by atoms with Gasteiger partial charge in [-0.3, -0.25) is 10.1 Å². The second-order valence-electron chi connectivity index (χ2n) is 5.87. The van der Waals surface area contributed by atoms with E-state index in [1.54, 1.807) is 32.5 Å². The van der Waals surface area contributed by atoms with E-state index in [-0.39, 0.29) is 11.9 Å². The molecule has 0 aromatic carbocycles. The number of carbonyl (C=O) groups excluding carboxylic acids is 2. The van der Waals surface area contributed by atoms with E-state index in [9.17, 15) is 9.59 Å². The zero-order valence-corrected chi connectivity index (χ0v) is 16.3. The average molecular weight is 376 g/mol. The quantitative estimate of drug-likeness (QED) is 0.599. The molecule has 0 saturated carbocycles. The summed E-state index contributed by atoms with van der Waals surface area (Å²) in [4.78, 5) is 28.5. The standard InChI is InChI=1S/C14H25N5O3S2/c1-6-24-12-17-11(18-19-12)16-10(20)9(7-8-23-5)15-13(21)22-14(2,3)4/h9H,6-8H2,1-5H3,(H,15,21)(H2,16,17,18,19,20). The van der Waals surface area contributed by atoms with Gasteiger partial charge in [0.1, 0.15) is 11.6 Å². The highest BCUT2D eigenvalue weighted by atomic mass is 32.2. The van der Waals surface area contributed by atoms with E-state index in [1.165, 1.54) is 11.8 Å². The second-order valence-corrected chi connectivity index (χ2v) is 8.09. The lowest BCUT2D eigenvalue weighted by atomic mass is 10.2. The summed E-state index contributed by atoms with van der Waals surface area (Å²) in [6.07, 6.45) is 1.80. The van der Waals surface area contributed by atoms with Crippen molar-refractivity contribution in [1.82, 2.24) is 20.5 Å². The number of alkyl carbamates (subject to hydrolysis) is 1. The first kappa shape index (κ1) is 20.6. The molecule has 0 radical (unpaired) electrons. The molecule has 24 heavy (non-hydrogen) atoms. The van der Waals surface area contributed by atoms with Crippen LogP contribution in [0.15, 0.2) is 5.16 Å². The third kappa shape index (κ3) is 7.91. The van der Waals surface area contributed by atoms with Crippen LogP contribution < -0.4 is 10.6 Å². The predicted octanol–water partition coefficient (Wildman–Crippen LogP) is 2.50. The third-order valence-corrected chi connectivity index (χ3v) is 3.97. The average Bonchev–Trinajstić information content (AvgIpc) is 2.89. The molecule has 8 nitrogen and oxygen atoms in total. The molecule has 2 amide bonds. The summed E-state index contributed by atoms with van der Waals surface area (Å²) in [7, 11) is 0. The van der Waals surface area contributed by atoms with Crippen molar-refractivity contribution >= 4 is 41.5 Å². The number of hydrogen-bond donors (Lipinski definition) is 3. The Morgan fingerprint density at radius 1 is 1.38 bits per heavy atom. The van der Waals surface area contributed by atoms with Gasteiger partial charge in [0.25, 0.3) is 0 Å². The van der Waals surface area contributed by atoms with Crippen LogP contribution in [0, 0.1) is 0 Å². The van der Waals surface area contributed by atoms with E-state index >= 15 is 0 Å². The van der Waals surface area contributed by atoms with E-state index in [0.29, 0.717) is 11.6 Å². The molecule has 1 aromatic rings. The SMILES string of the molecule is CCSc1n[nH]c(NC(=O)C(CCSC)NC(=O)OC(C)(C)C)n1. The molecule has 1 rings (SSSR count). The number of aromatic nitrogens is 3. The fourth-order valence-electron chi connectivity index (χ4n) is 1.65.